The van der Waals surface area contributed by atoms with Gasteiger partial charge in [-0.2, -0.15) is 0 Å². The van der Waals surface area contributed by atoms with Crippen molar-refractivity contribution in [3.05, 3.63) is 16.1 Å². The zero-order valence-corrected chi connectivity index (χ0v) is 11.3. The Morgan fingerprint density at radius 3 is 2.65 bits per heavy atom. The van der Waals surface area contributed by atoms with E-state index in [0.717, 1.165) is 38.4 Å². The smallest absolute Gasteiger partial charge is 0.222 e. The lowest BCUT2D eigenvalue weighted by molar-refractivity contribution is -0.132. The topological polar surface area (TPSA) is 36.4 Å². The van der Waals surface area contributed by atoms with E-state index in [1.54, 1.807) is 11.3 Å². The Morgan fingerprint density at radius 2 is 2.12 bits per heavy atom. The summed E-state index contributed by atoms with van der Waals surface area (Å²) in [7, 11) is 0. The van der Waals surface area contributed by atoms with Crippen molar-refractivity contribution in [3.63, 3.8) is 0 Å². The molecular weight excluding hydrogens is 234 g/mol. The molecule has 94 valence electrons. The van der Waals surface area contributed by atoms with Gasteiger partial charge in [0.15, 0.2) is 0 Å². The van der Waals surface area contributed by atoms with Gasteiger partial charge in [0.2, 0.25) is 5.91 Å². The van der Waals surface area contributed by atoms with Gasteiger partial charge in [-0.3, -0.25) is 9.69 Å². The lowest BCUT2D eigenvalue weighted by Gasteiger charge is -2.34. The molecular formula is C12H19N3OS. The number of hydrogen-bond acceptors (Lipinski definition) is 4. The number of carbonyl (C=O) groups is 1. The maximum atomic E-state index is 11.5. The highest BCUT2D eigenvalue weighted by Crippen LogP contribution is 2.13. The maximum Gasteiger partial charge on any atom is 0.222 e. The highest BCUT2D eigenvalue weighted by molar-refractivity contribution is 7.09. The van der Waals surface area contributed by atoms with Crippen LogP contribution in [0.1, 0.15) is 24.0 Å². The summed E-state index contributed by atoms with van der Waals surface area (Å²) in [6.07, 6.45) is 0.617. The molecule has 0 unspecified atom stereocenters. The second-order valence-electron chi connectivity index (χ2n) is 4.39. The van der Waals surface area contributed by atoms with Gasteiger partial charge < -0.3 is 4.90 Å². The van der Waals surface area contributed by atoms with E-state index in [1.165, 1.54) is 5.01 Å². The van der Waals surface area contributed by atoms with Crippen LogP contribution in [0, 0.1) is 6.92 Å². The first kappa shape index (κ1) is 12.5. The minimum Gasteiger partial charge on any atom is -0.340 e. The van der Waals surface area contributed by atoms with Gasteiger partial charge in [0.05, 0.1) is 6.54 Å². The first-order valence-electron chi connectivity index (χ1n) is 6.10. The van der Waals surface area contributed by atoms with Crippen LogP contribution in [0.4, 0.5) is 0 Å². The lowest BCUT2D eigenvalue weighted by atomic mass is 10.3. The molecule has 17 heavy (non-hydrogen) atoms. The van der Waals surface area contributed by atoms with E-state index in [0.29, 0.717) is 6.42 Å². The quantitative estimate of drug-likeness (QED) is 0.819. The summed E-state index contributed by atoms with van der Waals surface area (Å²) >= 11 is 1.72. The molecule has 1 aliphatic rings. The standard InChI is InChI=1S/C12H19N3OS/c1-3-12(16)15-6-4-14(5-7-15)8-11-13-10(2)9-17-11/h9H,3-8H2,1-2H3. The molecule has 2 rings (SSSR count). The molecule has 0 aliphatic carbocycles. The monoisotopic (exact) mass is 253 g/mol. The predicted octanol–water partition coefficient (Wildman–Crippen LogP) is 1.51. The summed E-state index contributed by atoms with van der Waals surface area (Å²) < 4.78 is 0. The normalized spacial score (nSPS) is 17.4. The summed E-state index contributed by atoms with van der Waals surface area (Å²) in [4.78, 5) is 20.3. The van der Waals surface area contributed by atoms with Gasteiger partial charge in [0.25, 0.3) is 0 Å². The molecule has 0 spiro atoms. The van der Waals surface area contributed by atoms with Gasteiger partial charge >= 0.3 is 0 Å². The summed E-state index contributed by atoms with van der Waals surface area (Å²) in [5.74, 6) is 0.273. The fraction of sp³-hybridized carbons (Fsp3) is 0.667. The van der Waals surface area contributed by atoms with Crippen molar-refractivity contribution in [2.75, 3.05) is 26.2 Å². The molecule has 1 saturated heterocycles. The van der Waals surface area contributed by atoms with Crippen molar-refractivity contribution < 1.29 is 4.79 Å². The van der Waals surface area contributed by atoms with Crippen molar-refractivity contribution in [1.82, 2.24) is 14.8 Å². The van der Waals surface area contributed by atoms with Crippen molar-refractivity contribution in [2.24, 2.45) is 0 Å². The van der Waals surface area contributed by atoms with Crippen molar-refractivity contribution in [1.29, 1.82) is 0 Å². The van der Waals surface area contributed by atoms with Crippen LogP contribution in [0.2, 0.25) is 0 Å². The van der Waals surface area contributed by atoms with E-state index < -0.39 is 0 Å². The van der Waals surface area contributed by atoms with Crippen LogP contribution in [-0.2, 0) is 11.3 Å². The van der Waals surface area contributed by atoms with Gasteiger partial charge in [-0.05, 0) is 6.92 Å². The van der Waals surface area contributed by atoms with Crippen LogP contribution in [0.15, 0.2) is 5.38 Å². The van der Waals surface area contributed by atoms with Crippen LogP contribution in [0.3, 0.4) is 0 Å². The third-order valence-electron chi connectivity index (χ3n) is 3.05. The number of carbonyl (C=O) groups excluding carboxylic acids is 1. The molecule has 2 heterocycles. The molecule has 1 aromatic heterocycles. The number of hydrogen-bond donors (Lipinski definition) is 0. The summed E-state index contributed by atoms with van der Waals surface area (Å²) in [6.45, 7) is 8.51. The van der Waals surface area contributed by atoms with Crippen molar-refractivity contribution in [2.45, 2.75) is 26.8 Å². The van der Waals surface area contributed by atoms with E-state index >= 15 is 0 Å². The molecule has 1 aliphatic heterocycles. The van der Waals surface area contributed by atoms with E-state index in [4.69, 9.17) is 0 Å². The van der Waals surface area contributed by atoms with Gasteiger partial charge in [0, 0.05) is 43.7 Å². The van der Waals surface area contributed by atoms with Crippen LogP contribution < -0.4 is 0 Å². The summed E-state index contributed by atoms with van der Waals surface area (Å²) in [6, 6.07) is 0. The molecule has 0 aromatic carbocycles. The molecule has 0 saturated carbocycles. The minimum absolute atomic E-state index is 0.273. The van der Waals surface area contributed by atoms with Gasteiger partial charge in [0.1, 0.15) is 5.01 Å². The number of aromatic nitrogens is 1. The Morgan fingerprint density at radius 1 is 1.41 bits per heavy atom. The number of piperazine rings is 1. The van der Waals surface area contributed by atoms with Crippen LogP contribution in [0.25, 0.3) is 0 Å². The zero-order chi connectivity index (χ0) is 12.3. The van der Waals surface area contributed by atoms with Crippen molar-refractivity contribution in [3.8, 4) is 0 Å². The van der Waals surface area contributed by atoms with Crippen LogP contribution in [-0.4, -0.2) is 46.9 Å². The SMILES string of the molecule is CCC(=O)N1CCN(Cc2nc(C)cs2)CC1. The Kier molecular flexibility index (Phi) is 4.12. The fourth-order valence-corrected chi connectivity index (χ4v) is 2.86. The first-order chi connectivity index (χ1) is 8.19. The summed E-state index contributed by atoms with van der Waals surface area (Å²) in [5.41, 5.74) is 1.10. The maximum absolute atomic E-state index is 11.5. The van der Waals surface area contributed by atoms with Gasteiger partial charge in [-0.1, -0.05) is 6.92 Å². The minimum atomic E-state index is 0.273. The molecule has 0 radical (unpaired) electrons. The zero-order valence-electron chi connectivity index (χ0n) is 10.5. The molecule has 1 amide bonds. The van der Waals surface area contributed by atoms with E-state index in [1.807, 2.05) is 18.7 Å². The van der Waals surface area contributed by atoms with Crippen LogP contribution in [0.5, 0.6) is 0 Å². The predicted molar refractivity (Wildman–Crippen MR) is 69.0 cm³/mol. The Labute approximate surface area is 106 Å². The third-order valence-corrected chi connectivity index (χ3v) is 4.00. The van der Waals surface area contributed by atoms with E-state index in [-0.39, 0.29) is 5.91 Å². The average molecular weight is 253 g/mol. The molecule has 5 heteroatoms. The number of thiazole rings is 1. The van der Waals surface area contributed by atoms with E-state index in [2.05, 4.69) is 15.3 Å². The average Bonchev–Trinajstić information content (AvgIpc) is 2.75. The molecule has 1 aromatic rings. The van der Waals surface area contributed by atoms with Crippen molar-refractivity contribution >= 4 is 17.2 Å². The number of aryl methyl sites for hydroxylation is 1. The van der Waals surface area contributed by atoms with E-state index in [9.17, 15) is 4.79 Å². The molecule has 4 nitrogen and oxygen atoms in total. The van der Waals surface area contributed by atoms with Crippen LogP contribution >= 0.6 is 11.3 Å². The second-order valence-corrected chi connectivity index (χ2v) is 5.34. The summed E-state index contributed by atoms with van der Waals surface area (Å²) in [5, 5.41) is 3.27. The molecule has 1 fully saturated rings. The molecule has 0 bridgehead atoms. The lowest BCUT2D eigenvalue weighted by Crippen LogP contribution is -2.48. The Hall–Kier alpha value is -0.940. The largest absolute Gasteiger partial charge is 0.340 e. The number of amides is 1. The third kappa shape index (κ3) is 3.26. The first-order valence-corrected chi connectivity index (χ1v) is 6.98. The Bertz CT molecular complexity index is 383. The highest BCUT2D eigenvalue weighted by atomic mass is 32.1. The number of nitrogens with zero attached hydrogens (tertiary/aromatic N) is 3. The fourth-order valence-electron chi connectivity index (χ4n) is 2.05. The number of rotatable bonds is 3. The molecule has 0 atom stereocenters. The van der Waals surface area contributed by atoms with Gasteiger partial charge in [-0.15, -0.1) is 11.3 Å². The van der Waals surface area contributed by atoms with Gasteiger partial charge in [-0.25, -0.2) is 4.98 Å². The highest BCUT2D eigenvalue weighted by Gasteiger charge is 2.20. The molecule has 0 N–H and O–H groups in total. The Balaban J connectivity index is 1.81. The second kappa shape index (κ2) is 5.60.